The summed E-state index contributed by atoms with van der Waals surface area (Å²) >= 11 is 6.49. The molecule has 0 saturated heterocycles. The number of aromatic amines is 1. The summed E-state index contributed by atoms with van der Waals surface area (Å²) in [6.45, 7) is 1.67. The van der Waals surface area contributed by atoms with Crippen LogP contribution in [0.15, 0.2) is 33.3 Å². The molecule has 0 aliphatic rings. The molecular weight excluding hydrogens is 308 g/mol. The zero-order chi connectivity index (χ0) is 14.0. The first kappa shape index (κ1) is 14.3. The highest BCUT2D eigenvalue weighted by Gasteiger charge is 2.20. The van der Waals surface area contributed by atoms with Crippen molar-refractivity contribution in [2.24, 2.45) is 0 Å². The third kappa shape index (κ3) is 3.44. The molecule has 2 aromatic rings. The van der Waals surface area contributed by atoms with Crippen molar-refractivity contribution in [3.8, 4) is 0 Å². The number of hydrogen-bond acceptors (Lipinski definition) is 4. The van der Waals surface area contributed by atoms with Crippen molar-refractivity contribution in [3.05, 3.63) is 50.2 Å². The van der Waals surface area contributed by atoms with Gasteiger partial charge in [0.2, 0.25) is 0 Å². The molecule has 0 aliphatic carbocycles. The maximum Gasteiger partial charge on any atom is 0.305 e. The van der Waals surface area contributed by atoms with Gasteiger partial charge in [-0.25, -0.2) is 13.1 Å². The molecule has 1 heterocycles. The molecule has 0 fully saturated rings. The molecule has 2 N–H and O–H groups in total. The van der Waals surface area contributed by atoms with Gasteiger partial charge < -0.3 is 4.98 Å². The van der Waals surface area contributed by atoms with Crippen LogP contribution in [0.2, 0.25) is 5.02 Å². The van der Waals surface area contributed by atoms with Crippen molar-refractivity contribution in [3.63, 3.8) is 0 Å². The molecule has 0 saturated carbocycles. The zero-order valence-electron chi connectivity index (χ0n) is 9.94. The van der Waals surface area contributed by atoms with Crippen LogP contribution in [0.1, 0.15) is 11.3 Å². The number of H-pyrrole nitrogens is 1. The largest absolute Gasteiger partial charge is 0.315 e. The van der Waals surface area contributed by atoms with Crippen LogP contribution < -0.4 is 9.60 Å². The van der Waals surface area contributed by atoms with Gasteiger partial charge in [0.15, 0.2) is 4.21 Å². The Morgan fingerprint density at radius 1 is 1.42 bits per heavy atom. The molecule has 5 nitrogen and oxygen atoms in total. The highest BCUT2D eigenvalue weighted by atomic mass is 35.5. The van der Waals surface area contributed by atoms with Crippen molar-refractivity contribution in [2.45, 2.75) is 17.7 Å². The predicted molar refractivity (Wildman–Crippen MR) is 75.2 cm³/mol. The normalized spacial score (nSPS) is 11.7. The summed E-state index contributed by atoms with van der Waals surface area (Å²) in [6, 6.07) is 6.89. The highest BCUT2D eigenvalue weighted by Crippen LogP contribution is 2.16. The molecule has 0 aliphatic heterocycles. The van der Waals surface area contributed by atoms with Gasteiger partial charge in [-0.1, -0.05) is 35.1 Å². The third-order valence-electron chi connectivity index (χ3n) is 2.38. The molecular formula is C11H11ClN2O3S2. The minimum Gasteiger partial charge on any atom is -0.315 e. The van der Waals surface area contributed by atoms with Gasteiger partial charge in [0.1, 0.15) is 0 Å². The smallest absolute Gasteiger partial charge is 0.305 e. The van der Waals surface area contributed by atoms with Gasteiger partial charge in [-0.2, -0.15) is 0 Å². The van der Waals surface area contributed by atoms with E-state index in [2.05, 4.69) is 9.71 Å². The Morgan fingerprint density at radius 3 is 2.74 bits per heavy atom. The van der Waals surface area contributed by atoms with E-state index in [0.29, 0.717) is 22.1 Å². The van der Waals surface area contributed by atoms with E-state index in [4.69, 9.17) is 11.6 Å². The van der Waals surface area contributed by atoms with Crippen molar-refractivity contribution >= 4 is 33.0 Å². The van der Waals surface area contributed by atoms with Crippen LogP contribution in [-0.2, 0) is 16.6 Å². The number of benzene rings is 1. The average Bonchev–Trinajstić information content (AvgIpc) is 2.67. The van der Waals surface area contributed by atoms with Gasteiger partial charge in [0, 0.05) is 17.3 Å². The van der Waals surface area contributed by atoms with Crippen LogP contribution in [0.3, 0.4) is 0 Å². The van der Waals surface area contributed by atoms with E-state index in [1.165, 1.54) is 0 Å². The number of rotatable bonds is 4. The predicted octanol–water partition coefficient (Wildman–Crippen LogP) is 1.88. The van der Waals surface area contributed by atoms with E-state index in [1.807, 2.05) is 0 Å². The lowest BCUT2D eigenvalue weighted by Crippen LogP contribution is -2.23. The standard InChI is InChI=1S/C11H11ClN2O3S2/c1-7-10(18-11(15)14-7)19(16,17)13-6-8-3-2-4-9(12)5-8/h2-5,13H,6H2,1H3,(H,14,15). The van der Waals surface area contributed by atoms with Crippen LogP contribution in [0.25, 0.3) is 0 Å². The molecule has 0 unspecified atom stereocenters. The Bertz CT molecular complexity index is 749. The second kappa shape index (κ2) is 5.46. The summed E-state index contributed by atoms with van der Waals surface area (Å²) in [7, 11) is -3.69. The van der Waals surface area contributed by atoms with Gasteiger partial charge in [0.05, 0.1) is 0 Å². The summed E-state index contributed by atoms with van der Waals surface area (Å²) in [6.07, 6.45) is 0. The second-order valence-electron chi connectivity index (χ2n) is 3.88. The van der Waals surface area contributed by atoms with Gasteiger partial charge in [-0.3, -0.25) is 4.79 Å². The molecule has 1 aromatic heterocycles. The molecule has 0 spiro atoms. The second-order valence-corrected chi connectivity index (χ2v) is 7.26. The van der Waals surface area contributed by atoms with E-state index >= 15 is 0 Å². The number of aromatic nitrogens is 1. The maximum atomic E-state index is 12.0. The zero-order valence-corrected chi connectivity index (χ0v) is 12.3. The van der Waals surface area contributed by atoms with Crippen LogP contribution in [0.4, 0.5) is 0 Å². The number of thiazole rings is 1. The molecule has 0 radical (unpaired) electrons. The molecule has 0 bridgehead atoms. The number of halogens is 1. The summed E-state index contributed by atoms with van der Waals surface area (Å²) in [4.78, 5) is 13.2. The third-order valence-corrected chi connectivity index (χ3v) is 5.62. The molecule has 19 heavy (non-hydrogen) atoms. The van der Waals surface area contributed by atoms with Crippen molar-refractivity contribution in [1.29, 1.82) is 0 Å². The van der Waals surface area contributed by atoms with Gasteiger partial charge in [-0.05, 0) is 24.6 Å². The number of sulfonamides is 1. The summed E-state index contributed by atoms with van der Waals surface area (Å²) in [5.74, 6) is 0. The Labute approximate surface area is 119 Å². The number of aryl methyl sites for hydroxylation is 1. The molecule has 0 atom stereocenters. The topological polar surface area (TPSA) is 79.0 Å². The fraction of sp³-hybridized carbons (Fsp3) is 0.182. The first-order valence-electron chi connectivity index (χ1n) is 5.32. The van der Waals surface area contributed by atoms with Crippen LogP contribution in [0, 0.1) is 6.92 Å². The maximum absolute atomic E-state index is 12.0. The van der Waals surface area contributed by atoms with E-state index in [1.54, 1.807) is 31.2 Å². The van der Waals surface area contributed by atoms with Gasteiger partial charge in [0.25, 0.3) is 10.0 Å². The van der Waals surface area contributed by atoms with Crippen LogP contribution >= 0.6 is 22.9 Å². The Hall–Kier alpha value is -1.15. The number of nitrogens with one attached hydrogen (secondary N) is 2. The van der Waals surface area contributed by atoms with E-state index < -0.39 is 10.0 Å². The first-order valence-corrected chi connectivity index (χ1v) is 8.00. The van der Waals surface area contributed by atoms with Crippen LogP contribution in [0.5, 0.6) is 0 Å². The Morgan fingerprint density at radius 2 is 2.16 bits per heavy atom. The molecule has 0 amide bonds. The summed E-state index contributed by atoms with van der Waals surface area (Å²) in [5, 5.41) is 0.541. The minimum atomic E-state index is -3.69. The summed E-state index contributed by atoms with van der Waals surface area (Å²) < 4.78 is 26.5. The molecule has 8 heteroatoms. The lowest BCUT2D eigenvalue weighted by molar-refractivity contribution is 0.582. The quantitative estimate of drug-likeness (QED) is 0.903. The van der Waals surface area contributed by atoms with Crippen molar-refractivity contribution in [2.75, 3.05) is 0 Å². The number of hydrogen-bond donors (Lipinski definition) is 2. The first-order chi connectivity index (χ1) is 8.88. The van der Waals surface area contributed by atoms with Gasteiger partial charge in [-0.15, -0.1) is 0 Å². The minimum absolute atomic E-state index is 0.0135. The van der Waals surface area contributed by atoms with E-state index in [0.717, 1.165) is 5.56 Å². The SMILES string of the molecule is Cc1[nH]c(=O)sc1S(=O)(=O)NCc1cccc(Cl)c1. The monoisotopic (exact) mass is 318 g/mol. The lowest BCUT2D eigenvalue weighted by Gasteiger charge is -2.05. The molecule has 1 aromatic carbocycles. The van der Waals surface area contributed by atoms with Crippen LogP contribution in [-0.4, -0.2) is 13.4 Å². The van der Waals surface area contributed by atoms with E-state index in [-0.39, 0.29) is 15.6 Å². The molecule has 2 rings (SSSR count). The highest BCUT2D eigenvalue weighted by molar-refractivity contribution is 7.91. The van der Waals surface area contributed by atoms with Crippen molar-refractivity contribution in [1.82, 2.24) is 9.71 Å². The van der Waals surface area contributed by atoms with Gasteiger partial charge >= 0.3 is 4.87 Å². The Kier molecular flexibility index (Phi) is 4.10. The summed E-state index contributed by atoms with van der Waals surface area (Å²) in [5.41, 5.74) is 1.09. The lowest BCUT2D eigenvalue weighted by atomic mass is 10.2. The Balaban J connectivity index is 2.19. The fourth-order valence-corrected chi connectivity index (χ4v) is 4.11. The molecule has 102 valence electrons. The van der Waals surface area contributed by atoms with Crippen molar-refractivity contribution < 1.29 is 8.42 Å². The van der Waals surface area contributed by atoms with E-state index in [9.17, 15) is 13.2 Å². The average molecular weight is 319 g/mol. The fourth-order valence-electron chi connectivity index (χ4n) is 1.54.